The van der Waals surface area contributed by atoms with Gasteiger partial charge in [0.25, 0.3) is 0 Å². The van der Waals surface area contributed by atoms with Crippen LogP contribution in [-0.4, -0.2) is 9.13 Å². The van der Waals surface area contributed by atoms with E-state index in [1.165, 1.54) is 59.3 Å². The lowest BCUT2D eigenvalue weighted by Crippen LogP contribution is -2.10. The maximum atomic E-state index is 11.3. The van der Waals surface area contributed by atoms with Crippen molar-refractivity contribution in [1.82, 2.24) is 9.13 Å². The number of hydrogen-bond donors (Lipinski definition) is 0. The van der Waals surface area contributed by atoms with E-state index in [2.05, 4.69) is 201 Å². The van der Waals surface area contributed by atoms with Crippen LogP contribution in [0, 0.1) is 11.3 Å². The van der Waals surface area contributed by atoms with Gasteiger partial charge in [-0.2, -0.15) is 5.26 Å². The fraction of sp³-hybridized carbons (Fsp3) is 0.302. The molecule has 0 saturated carbocycles. The van der Waals surface area contributed by atoms with Crippen LogP contribution < -0.4 is 0 Å². The molecule has 0 amide bonds. The number of hydrogen-bond acceptors (Lipinski definition) is 2. The summed E-state index contributed by atoms with van der Waals surface area (Å²) >= 11 is 1.80. The molecule has 57 heavy (non-hydrogen) atoms. The second-order valence-corrected chi connectivity index (χ2v) is 21.4. The van der Waals surface area contributed by atoms with Crippen LogP contribution in [0.15, 0.2) is 103 Å². The Morgan fingerprint density at radius 1 is 0.456 bits per heavy atom. The Hall–Kier alpha value is -5.37. The van der Waals surface area contributed by atoms with Gasteiger partial charge >= 0.3 is 0 Å². The van der Waals surface area contributed by atoms with Crippen LogP contribution in [0.4, 0.5) is 0 Å². The van der Waals surface area contributed by atoms with E-state index in [0.29, 0.717) is 5.56 Å². The van der Waals surface area contributed by atoms with Crippen molar-refractivity contribution in [2.45, 2.75) is 105 Å². The van der Waals surface area contributed by atoms with Gasteiger partial charge in [-0.15, -0.1) is 11.3 Å². The molecule has 0 radical (unpaired) electrons. The molecule has 286 valence electrons. The fourth-order valence-corrected chi connectivity index (χ4v) is 10.0. The maximum absolute atomic E-state index is 11.3. The number of benzene rings is 6. The van der Waals surface area contributed by atoms with Crippen molar-refractivity contribution in [1.29, 1.82) is 5.26 Å². The largest absolute Gasteiger partial charge is 0.309 e. The summed E-state index contributed by atoms with van der Waals surface area (Å²) in [6.45, 7) is 27.4. The maximum Gasteiger partial charge on any atom is 0.101 e. The average Bonchev–Trinajstić information content (AvgIpc) is 3.80. The van der Waals surface area contributed by atoms with Gasteiger partial charge in [0.15, 0.2) is 0 Å². The summed E-state index contributed by atoms with van der Waals surface area (Å²) in [5.74, 6) is 0. The second-order valence-electron chi connectivity index (χ2n) is 20.3. The molecule has 9 aromatic rings. The predicted octanol–water partition coefficient (Wildman–Crippen LogP) is 15.3. The van der Waals surface area contributed by atoms with Crippen LogP contribution >= 0.6 is 11.3 Å². The number of fused-ring (bicyclic) bond motifs is 9. The minimum absolute atomic E-state index is 0.000304. The van der Waals surface area contributed by atoms with E-state index in [-0.39, 0.29) is 21.7 Å². The Balaban J connectivity index is 1.45. The predicted molar refractivity (Wildman–Crippen MR) is 248 cm³/mol. The standard InChI is InChI=1S/C53H53N3S/c1-50(2,3)32-17-21-41-37(26-32)38-27-33(51(4,5)6)18-22-42(38)55(41)45-25-31(30-54)48(49-47(45)36-15-13-14-16-46(36)57-49)56-43-23-19-34(52(7,8)9)28-39(43)40-29-35(53(10,11)12)20-24-44(40)56/h13-29H,1-12H3. The highest BCUT2D eigenvalue weighted by Crippen LogP contribution is 2.48. The lowest BCUT2D eigenvalue weighted by molar-refractivity contribution is 0.590. The minimum atomic E-state index is -0.00788. The molecule has 3 heterocycles. The third-order valence-electron chi connectivity index (χ3n) is 12.2. The molecular weight excluding hydrogens is 711 g/mol. The molecule has 0 bridgehead atoms. The van der Waals surface area contributed by atoms with E-state index in [4.69, 9.17) is 0 Å². The lowest BCUT2D eigenvalue weighted by Gasteiger charge is -2.20. The van der Waals surface area contributed by atoms with Crippen LogP contribution in [0.2, 0.25) is 0 Å². The molecule has 0 atom stereocenters. The van der Waals surface area contributed by atoms with Gasteiger partial charge < -0.3 is 9.13 Å². The molecule has 0 spiro atoms. The summed E-state index contributed by atoms with van der Waals surface area (Å²) in [6, 6.07) is 41.6. The van der Waals surface area contributed by atoms with E-state index in [1.807, 2.05) is 0 Å². The zero-order chi connectivity index (χ0) is 40.6. The first-order chi connectivity index (χ1) is 26.8. The van der Waals surface area contributed by atoms with Gasteiger partial charge in [-0.25, -0.2) is 0 Å². The number of nitrogens with zero attached hydrogens (tertiary/aromatic N) is 3. The zero-order valence-corrected chi connectivity index (χ0v) is 36.4. The molecule has 4 heteroatoms. The van der Waals surface area contributed by atoms with E-state index in [9.17, 15) is 5.26 Å². The third kappa shape index (κ3) is 5.80. The van der Waals surface area contributed by atoms with Gasteiger partial charge in [-0.05, 0) is 105 Å². The van der Waals surface area contributed by atoms with E-state index in [1.54, 1.807) is 11.3 Å². The summed E-state index contributed by atoms with van der Waals surface area (Å²) < 4.78 is 7.16. The normalized spacial score (nSPS) is 13.2. The van der Waals surface area contributed by atoms with Crippen LogP contribution in [-0.2, 0) is 21.7 Å². The van der Waals surface area contributed by atoms with Crippen molar-refractivity contribution < 1.29 is 0 Å². The van der Waals surface area contributed by atoms with E-state index >= 15 is 0 Å². The van der Waals surface area contributed by atoms with E-state index in [0.717, 1.165) is 38.1 Å². The van der Waals surface area contributed by atoms with Crippen molar-refractivity contribution >= 4 is 75.1 Å². The van der Waals surface area contributed by atoms with Crippen LogP contribution in [0.3, 0.4) is 0 Å². The van der Waals surface area contributed by atoms with Crippen LogP contribution in [0.1, 0.15) is 111 Å². The summed E-state index contributed by atoms with van der Waals surface area (Å²) in [6.07, 6.45) is 0. The Labute approximate surface area is 341 Å². The minimum Gasteiger partial charge on any atom is -0.309 e. The van der Waals surface area contributed by atoms with Crippen molar-refractivity contribution in [3.05, 3.63) is 131 Å². The smallest absolute Gasteiger partial charge is 0.101 e. The third-order valence-corrected chi connectivity index (χ3v) is 13.4. The van der Waals surface area contributed by atoms with Crippen molar-refractivity contribution in [2.75, 3.05) is 0 Å². The molecule has 0 aliphatic carbocycles. The van der Waals surface area contributed by atoms with Gasteiger partial charge in [-0.1, -0.05) is 126 Å². The Morgan fingerprint density at radius 2 is 0.842 bits per heavy atom. The number of aromatic nitrogens is 2. The molecule has 0 aliphatic rings. The molecule has 6 aromatic carbocycles. The molecule has 0 fully saturated rings. The summed E-state index contributed by atoms with van der Waals surface area (Å²) in [7, 11) is 0. The topological polar surface area (TPSA) is 33.6 Å². The molecule has 0 N–H and O–H groups in total. The molecule has 0 unspecified atom stereocenters. The first-order valence-corrected chi connectivity index (χ1v) is 21.1. The first kappa shape index (κ1) is 37.2. The molecule has 3 nitrogen and oxygen atoms in total. The Kier molecular flexibility index (Phi) is 8.04. The highest BCUT2D eigenvalue weighted by molar-refractivity contribution is 7.26. The summed E-state index contributed by atoms with van der Waals surface area (Å²) in [5.41, 5.74) is 12.4. The number of nitriles is 1. The number of rotatable bonds is 2. The lowest BCUT2D eigenvalue weighted by atomic mass is 9.85. The zero-order valence-electron chi connectivity index (χ0n) is 35.6. The highest BCUT2D eigenvalue weighted by atomic mass is 32.1. The SMILES string of the molecule is CC(C)(C)c1ccc2c(c1)c1cc(C(C)(C)C)ccc1n2-c1c(C#N)cc(-n2c3ccc(C(C)(C)C)cc3c3cc(C(C)(C)C)ccc32)c2c1sc1ccccc12. The van der Waals surface area contributed by atoms with E-state index < -0.39 is 0 Å². The number of thiophene rings is 1. The van der Waals surface area contributed by atoms with Gasteiger partial charge in [0.05, 0.1) is 43.7 Å². The quantitative estimate of drug-likeness (QED) is 0.173. The first-order valence-electron chi connectivity index (χ1n) is 20.3. The average molecular weight is 764 g/mol. The molecule has 0 saturated heterocycles. The van der Waals surface area contributed by atoms with Gasteiger partial charge in [0.1, 0.15) is 6.07 Å². The highest BCUT2D eigenvalue weighted by Gasteiger charge is 2.28. The van der Waals surface area contributed by atoms with Gasteiger partial charge in [0.2, 0.25) is 0 Å². The van der Waals surface area contributed by atoms with Crippen LogP contribution in [0.25, 0.3) is 75.2 Å². The molecule has 9 rings (SSSR count). The van der Waals surface area contributed by atoms with Crippen molar-refractivity contribution in [2.24, 2.45) is 0 Å². The van der Waals surface area contributed by atoms with Gasteiger partial charge in [0, 0.05) is 37.0 Å². The summed E-state index contributed by atoms with van der Waals surface area (Å²) in [5, 5.41) is 18.6. The molecular formula is C53H53N3S. The molecule has 3 aromatic heterocycles. The Morgan fingerprint density at radius 3 is 1.23 bits per heavy atom. The van der Waals surface area contributed by atoms with Gasteiger partial charge in [-0.3, -0.25) is 0 Å². The molecule has 0 aliphatic heterocycles. The Bertz CT molecular complexity index is 3020. The fourth-order valence-electron chi connectivity index (χ4n) is 8.76. The second kappa shape index (κ2) is 12.3. The van der Waals surface area contributed by atoms with Crippen LogP contribution in [0.5, 0.6) is 0 Å². The van der Waals surface area contributed by atoms with Crippen molar-refractivity contribution in [3.63, 3.8) is 0 Å². The monoisotopic (exact) mass is 763 g/mol. The van der Waals surface area contributed by atoms with Crippen molar-refractivity contribution in [3.8, 4) is 17.4 Å². The summed E-state index contributed by atoms with van der Waals surface area (Å²) in [4.78, 5) is 0.